The van der Waals surface area contributed by atoms with Gasteiger partial charge in [0.15, 0.2) is 0 Å². The summed E-state index contributed by atoms with van der Waals surface area (Å²) in [5.41, 5.74) is 2.81. The van der Waals surface area contributed by atoms with Gasteiger partial charge >= 0.3 is 0 Å². The van der Waals surface area contributed by atoms with E-state index in [4.69, 9.17) is 4.74 Å². The van der Waals surface area contributed by atoms with Gasteiger partial charge in [0, 0.05) is 6.04 Å². The lowest BCUT2D eigenvalue weighted by atomic mass is 9.76. The van der Waals surface area contributed by atoms with Crippen molar-refractivity contribution in [2.45, 2.75) is 58.9 Å². The van der Waals surface area contributed by atoms with E-state index in [0.717, 1.165) is 24.1 Å². The Bertz CT molecular complexity index is 435. The molecule has 1 atom stereocenters. The van der Waals surface area contributed by atoms with Crippen molar-refractivity contribution in [3.8, 4) is 5.75 Å². The van der Waals surface area contributed by atoms with E-state index in [1.807, 2.05) is 0 Å². The average molecular weight is 289 g/mol. The van der Waals surface area contributed by atoms with Crippen LogP contribution in [0.25, 0.3) is 0 Å². The fraction of sp³-hybridized carbons (Fsp3) is 0.684. The highest BCUT2D eigenvalue weighted by molar-refractivity contribution is 5.37. The smallest absolute Gasteiger partial charge is 0.119 e. The zero-order valence-electron chi connectivity index (χ0n) is 14.1. The third kappa shape index (κ3) is 4.23. The molecule has 2 heteroatoms. The van der Waals surface area contributed by atoms with Crippen molar-refractivity contribution in [1.82, 2.24) is 5.32 Å². The molecule has 0 radical (unpaired) electrons. The van der Waals surface area contributed by atoms with E-state index in [-0.39, 0.29) is 0 Å². The van der Waals surface area contributed by atoms with Crippen LogP contribution in [0.15, 0.2) is 18.2 Å². The lowest BCUT2D eigenvalue weighted by Crippen LogP contribution is -2.31. The Morgan fingerprint density at radius 1 is 1.24 bits per heavy atom. The fourth-order valence-electron chi connectivity index (χ4n) is 3.57. The molecule has 0 spiro atoms. The van der Waals surface area contributed by atoms with Gasteiger partial charge < -0.3 is 10.1 Å². The molecule has 0 aliphatic heterocycles. The quantitative estimate of drug-likeness (QED) is 0.806. The monoisotopic (exact) mass is 289 g/mol. The van der Waals surface area contributed by atoms with Gasteiger partial charge in [-0.25, -0.2) is 0 Å². The molecule has 118 valence electrons. The molecule has 1 aliphatic rings. The summed E-state index contributed by atoms with van der Waals surface area (Å²) in [5, 5.41) is 3.81. The zero-order valence-corrected chi connectivity index (χ0v) is 14.1. The SMILES string of the molecule is CCCNC(c1ccc(OC)cc1C)C1CCC(C)CC1. The number of nitrogens with one attached hydrogen (secondary N) is 1. The second-order valence-electron chi connectivity index (χ2n) is 6.67. The highest BCUT2D eigenvalue weighted by Crippen LogP contribution is 2.38. The maximum absolute atomic E-state index is 5.35. The average Bonchev–Trinajstić information content (AvgIpc) is 2.50. The topological polar surface area (TPSA) is 21.3 Å². The van der Waals surface area contributed by atoms with Gasteiger partial charge in [0.05, 0.1) is 7.11 Å². The summed E-state index contributed by atoms with van der Waals surface area (Å²) in [6, 6.07) is 7.04. The summed E-state index contributed by atoms with van der Waals surface area (Å²) >= 11 is 0. The minimum Gasteiger partial charge on any atom is -0.497 e. The number of hydrogen-bond acceptors (Lipinski definition) is 2. The van der Waals surface area contributed by atoms with Crippen LogP contribution in [0.5, 0.6) is 5.75 Å². The molecule has 0 heterocycles. The normalized spacial score (nSPS) is 23.8. The molecule has 1 fully saturated rings. The first-order chi connectivity index (χ1) is 10.2. The molecule has 1 saturated carbocycles. The molecule has 1 N–H and O–H groups in total. The molecule has 0 saturated heterocycles. The molecule has 21 heavy (non-hydrogen) atoms. The van der Waals surface area contributed by atoms with Crippen molar-refractivity contribution in [2.75, 3.05) is 13.7 Å². The van der Waals surface area contributed by atoms with Crippen molar-refractivity contribution < 1.29 is 4.74 Å². The van der Waals surface area contributed by atoms with Gasteiger partial charge in [-0.15, -0.1) is 0 Å². The number of rotatable bonds is 6. The van der Waals surface area contributed by atoms with Crippen LogP contribution in [0.3, 0.4) is 0 Å². The standard InChI is InChI=1S/C19H31NO/c1-5-12-20-19(16-8-6-14(2)7-9-16)18-11-10-17(21-4)13-15(18)3/h10-11,13-14,16,19-20H,5-9,12H2,1-4H3. The number of ether oxygens (including phenoxy) is 1. The second-order valence-corrected chi connectivity index (χ2v) is 6.67. The van der Waals surface area contributed by atoms with Crippen LogP contribution in [0, 0.1) is 18.8 Å². The summed E-state index contributed by atoms with van der Waals surface area (Å²) in [5.74, 6) is 2.65. The number of aryl methyl sites for hydroxylation is 1. The van der Waals surface area contributed by atoms with E-state index in [1.54, 1.807) is 7.11 Å². The van der Waals surface area contributed by atoms with Crippen LogP contribution in [0.4, 0.5) is 0 Å². The minimum absolute atomic E-state index is 0.503. The van der Waals surface area contributed by atoms with Crippen LogP contribution in [-0.2, 0) is 0 Å². The predicted molar refractivity (Wildman–Crippen MR) is 89.9 cm³/mol. The molecular formula is C19H31NO. The van der Waals surface area contributed by atoms with Crippen LogP contribution in [0.1, 0.15) is 63.1 Å². The van der Waals surface area contributed by atoms with Crippen molar-refractivity contribution in [2.24, 2.45) is 11.8 Å². The van der Waals surface area contributed by atoms with Gasteiger partial charge in [0.1, 0.15) is 5.75 Å². The van der Waals surface area contributed by atoms with Crippen molar-refractivity contribution in [3.63, 3.8) is 0 Å². The fourth-order valence-corrected chi connectivity index (χ4v) is 3.57. The molecule has 2 nitrogen and oxygen atoms in total. The van der Waals surface area contributed by atoms with E-state index < -0.39 is 0 Å². The first kappa shape index (κ1) is 16.4. The maximum atomic E-state index is 5.35. The van der Waals surface area contributed by atoms with E-state index in [0.29, 0.717) is 6.04 Å². The molecule has 0 bridgehead atoms. The van der Waals surface area contributed by atoms with Crippen LogP contribution in [0.2, 0.25) is 0 Å². The highest BCUT2D eigenvalue weighted by Gasteiger charge is 2.27. The first-order valence-electron chi connectivity index (χ1n) is 8.53. The van der Waals surface area contributed by atoms with E-state index in [2.05, 4.69) is 44.3 Å². The minimum atomic E-state index is 0.503. The molecule has 1 aliphatic carbocycles. The van der Waals surface area contributed by atoms with E-state index in [9.17, 15) is 0 Å². The van der Waals surface area contributed by atoms with Gasteiger partial charge in [0.25, 0.3) is 0 Å². The van der Waals surface area contributed by atoms with Crippen molar-refractivity contribution in [1.29, 1.82) is 0 Å². The van der Waals surface area contributed by atoms with Gasteiger partial charge in [-0.05, 0) is 67.8 Å². The Morgan fingerprint density at radius 3 is 2.52 bits per heavy atom. The van der Waals surface area contributed by atoms with Gasteiger partial charge in [-0.3, -0.25) is 0 Å². The number of benzene rings is 1. The van der Waals surface area contributed by atoms with E-state index >= 15 is 0 Å². The maximum Gasteiger partial charge on any atom is 0.119 e. The van der Waals surface area contributed by atoms with Crippen LogP contribution >= 0.6 is 0 Å². The summed E-state index contributed by atoms with van der Waals surface area (Å²) in [6.45, 7) is 7.95. The Hall–Kier alpha value is -1.02. The molecule has 0 aromatic heterocycles. The largest absolute Gasteiger partial charge is 0.497 e. The van der Waals surface area contributed by atoms with Crippen molar-refractivity contribution >= 4 is 0 Å². The summed E-state index contributed by atoms with van der Waals surface area (Å²) in [7, 11) is 1.74. The van der Waals surface area contributed by atoms with Gasteiger partial charge in [0.2, 0.25) is 0 Å². The molecule has 1 aromatic carbocycles. The molecular weight excluding hydrogens is 258 g/mol. The number of methoxy groups -OCH3 is 1. The first-order valence-corrected chi connectivity index (χ1v) is 8.53. The summed E-state index contributed by atoms with van der Waals surface area (Å²) < 4.78 is 5.35. The summed E-state index contributed by atoms with van der Waals surface area (Å²) in [4.78, 5) is 0. The Kier molecular flexibility index (Phi) is 6.10. The lowest BCUT2D eigenvalue weighted by Gasteiger charge is -2.34. The Morgan fingerprint density at radius 2 is 1.95 bits per heavy atom. The molecule has 1 unspecified atom stereocenters. The Labute approximate surface area is 130 Å². The molecule has 2 rings (SSSR count). The highest BCUT2D eigenvalue weighted by atomic mass is 16.5. The van der Waals surface area contributed by atoms with Crippen LogP contribution < -0.4 is 10.1 Å². The van der Waals surface area contributed by atoms with Gasteiger partial charge in [-0.1, -0.05) is 32.8 Å². The van der Waals surface area contributed by atoms with Crippen LogP contribution in [-0.4, -0.2) is 13.7 Å². The third-order valence-corrected chi connectivity index (χ3v) is 4.96. The van der Waals surface area contributed by atoms with Crippen molar-refractivity contribution in [3.05, 3.63) is 29.3 Å². The molecule has 0 amide bonds. The second kappa shape index (κ2) is 7.84. The third-order valence-electron chi connectivity index (χ3n) is 4.96. The van der Waals surface area contributed by atoms with Gasteiger partial charge in [-0.2, -0.15) is 0 Å². The summed E-state index contributed by atoms with van der Waals surface area (Å²) in [6.07, 6.45) is 6.66. The number of hydrogen-bond donors (Lipinski definition) is 1. The zero-order chi connectivity index (χ0) is 15.2. The molecule has 1 aromatic rings. The predicted octanol–water partition coefficient (Wildman–Crippen LogP) is 4.87. The Balaban J connectivity index is 2.18. The van der Waals surface area contributed by atoms with E-state index in [1.165, 1.54) is 43.2 Å². The lowest BCUT2D eigenvalue weighted by molar-refractivity contribution is 0.231.